The van der Waals surface area contributed by atoms with Crippen LogP contribution in [0.4, 0.5) is 0 Å². The molecule has 17 heavy (non-hydrogen) atoms. The molecule has 2 aromatic rings. The van der Waals surface area contributed by atoms with Gasteiger partial charge in [0.2, 0.25) is 0 Å². The van der Waals surface area contributed by atoms with Gasteiger partial charge >= 0.3 is 0 Å². The molecule has 1 N–H and O–H groups in total. The minimum absolute atomic E-state index is 0.162. The van der Waals surface area contributed by atoms with Crippen molar-refractivity contribution in [1.82, 2.24) is 14.1 Å². The van der Waals surface area contributed by atoms with Crippen LogP contribution < -0.4 is 5.32 Å². The third kappa shape index (κ3) is 2.90. The fourth-order valence-electron chi connectivity index (χ4n) is 1.87. The summed E-state index contributed by atoms with van der Waals surface area (Å²) in [5.41, 5.74) is 3.58. The van der Waals surface area contributed by atoms with E-state index in [4.69, 9.17) is 0 Å². The van der Waals surface area contributed by atoms with Crippen LogP contribution in [0.15, 0.2) is 30.5 Å². The van der Waals surface area contributed by atoms with Crippen LogP contribution in [0.1, 0.15) is 36.2 Å². The van der Waals surface area contributed by atoms with Crippen molar-refractivity contribution < 1.29 is 0 Å². The lowest BCUT2D eigenvalue weighted by Crippen LogP contribution is -2.24. The molecule has 1 atom stereocenters. The number of nitrogens with one attached hydrogen (secondary N) is 1. The first kappa shape index (κ1) is 12.2. The van der Waals surface area contributed by atoms with Gasteiger partial charge in [-0.3, -0.25) is 0 Å². The van der Waals surface area contributed by atoms with Gasteiger partial charge in [0.1, 0.15) is 0 Å². The quantitative estimate of drug-likeness (QED) is 0.882. The third-order valence-corrected chi connectivity index (χ3v) is 3.26. The Labute approximate surface area is 106 Å². The summed E-state index contributed by atoms with van der Waals surface area (Å²) in [6, 6.07) is 8.59. The van der Waals surface area contributed by atoms with E-state index in [1.165, 1.54) is 22.9 Å². The van der Waals surface area contributed by atoms with Crippen LogP contribution in [0.5, 0.6) is 0 Å². The lowest BCUT2D eigenvalue weighted by atomic mass is 9.99. The van der Waals surface area contributed by atoms with Crippen LogP contribution in [-0.2, 0) is 0 Å². The SMILES string of the molecule is CCCNC(c1cnsn1)c1ccccc1C. The highest BCUT2D eigenvalue weighted by molar-refractivity contribution is 6.99. The Kier molecular flexibility index (Phi) is 4.23. The standard InChI is InChI=1S/C13H17N3S/c1-3-8-14-13(12-9-15-17-16-12)11-7-5-4-6-10(11)2/h4-7,9,13-14H,3,8H2,1-2H3. The predicted octanol–water partition coefficient (Wildman–Crippen LogP) is 2.94. The molecule has 0 fully saturated rings. The van der Waals surface area contributed by atoms with Crippen molar-refractivity contribution in [3.05, 3.63) is 47.3 Å². The number of hydrogen-bond donors (Lipinski definition) is 1. The molecular formula is C13H17N3S. The normalized spacial score (nSPS) is 12.6. The second-order valence-corrected chi connectivity index (χ2v) is 4.63. The lowest BCUT2D eigenvalue weighted by Gasteiger charge is -2.18. The maximum atomic E-state index is 4.36. The van der Waals surface area contributed by atoms with Crippen LogP contribution >= 0.6 is 11.7 Å². The zero-order valence-electron chi connectivity index (χ0n) is 10.2. The maximum Gasteiger partial charge on any atom is 0.0957 e. The van der Waals surface area contributed by atoms with E-state index in [1.807, 2.05) is 6.20 Å². The summed E-state index contributed by atoms with van der Waals surface area (Å²) in [6.07, 6.45) is 2.96. The van der Waals surface area contributed by atoms with E-state index in [0.29, 0.717) is 0 Å². The first-order chi connectivity index (χ1) is 8.33. The molecule has 0 aliphatic carbocycles. The largest absolute Gasteiger partial charge is 0.305 e. The van der Waals surface area contributed by atoms with Crippen LogP contribution in [-0.4, -0.2) is 15.3 Å². The highest BCUT2D eigenvalue weighted by Gasteiger charge is 2.17. The number of rotatable bonds is 5. The van der Waals surface area contributed by atoms with Crippen molar-refractivity contribution in [3.63, 3.8) is 0 Å². The Hall–Kier alpha value is -1.26. The molecule has 1 heterocycles. The summed E-state index contributed by atoms with van der Waals surface area (Å²) in [7, 11) is 0. The molecule has 0 saturated carbocycles. The molecule has 4 heteroatoms. The average Bonchev–Trinajstić information content (AvgIpc) is 2.85. The molecule has 2 rings (SSSR count). The Morgan fingerprint density at radius 1 is 1.35 bits per heavy atom. The van der Waals surface area contributed by atoms with Crippen molar-refractivity contribution in [1.29, 1.82) is 0 Å². The van der Waals surface area contributed by atoms with E-state index in [-0.39, 0.29) is 6.04 Å². The van der Waals surface area contributed by atoms with Crippen molar-refractivity contribution in [3.8, 4) is 0 Å². The molecule has 0 aliphatic rings. The van der Waals surface area contributed by atoms with Crippen molar-refractivity contribution in [2.75, 3.05) is 6.54 Å². The highest BCUT2D eigenvalue weighted by Crippen LogP contribution is 2.23. The molecule has 0 radical (unpaired) electrons. The van der Waals surface area contributed by atoms with Gasteiger partial charge in [-0.15, -0.1) is 0 Å². The summed E-state index contributed by atoms with van der Waals surface area (Å²) in [6.45, 7) is 5.29. The van der Waals surface area contributed by atoms with Crippen LogP contribution in [0.25, 0.3) is 0 Å². The van der Waals surface area contributed by atoms with Gasteiger partial charge in [0.25, 0.3) is 0 Å². The summed E-state index contributed by atoms with van der Waals surface area (Å²) in [5, 5.41) is 3.53. The van der Waals surface area contributed by atoms with E-state index in [9.17, 15) is 0 Å². The molecule has 0 bridgehead atoms. The molecule has 1 aromatic carbocycles. The molecule has 1 aromatic heterocycles. The van der Waals surface area contributed by atoms with Gasteiger partial charge in [-0.25, -0.2) is 0 Å². The number of hydrogen-bond acceptors (Lipinski definition) is 4. The Morgan fingerprint density at radius 3 is 2.82 bits per heavy atom. The molecule has 0 amide bonds. The molecule has 0 spiro atoms. The van der Waals surface area contributed by atoms with E-state index in [0.717, 1.165) is 18.7 Å². The topological polar surface area (TPSA) is 37.8 Å². The van der Waals surface area contributed by atoms with Gasteiger partial charge in [-0.1, -0.05) is 31.2 Å². The fraction of sp³-hybridized carbons (Fsp3) is 0.385. The van der Waals surface area contributed by atoms with Crippen LogP contribution in [0.3, 0.4) is 0 Å². The number of aromatic nitrogens is 2. The Balaban J connectivity index is 2.30. The molecular weight excluding hydrogens is 230 g/mol. The minimum atomic E-state index is 0.162. The monoisotopic (exact) mass is 247 g/mol. The summed E-state index contributed by atoms with van der Waals surface area (Å²) in [4.78, 5) is 0. The second-order valence-electron chi connectivity index (χ2n) is 4.08. The van der Waals surface area contributed by atoms with E-state index < -0.39 is 0 Å². The number of nitrogens with zero attached hydrogens (tertiary/aromatic N) is 2. The first-order valence-electron chi connectivity index (χ1n) is 5.89. The van der Waals surface area contributed by atoms with Gasteiger partial charge in [0.05, 0.1) is 29.7 Å². The van der Waals surface area contributed by atoms with E-state index in [2.05, 4.69) is 52.2 Å². The highest BCUT2D eigenvalue weighted by atomic mass is 32.1. The van der Waals surface area contributed by atoms with Crippen LogP contribution in [0, 0.1) is 6.92 Å². The molecule has 3 nitrogen and oxygen atoms in total. The Morgan fingerprint density at radius 2 is 2.18 bits per heavy atom. The van der Waals surface area contributed by atoms with Crippen molar-refractivity contribution in [2.24, 2.45) is 0 Å². The zero-order chi connectivity index (χ0) is 12.1. The third-order valence-electron chi connectivity index (χ3n) is 2.77. The second kappa shape index (κ2) is 5.89. The van der Waals surface area contributed by atoms with Gasteiger partial charge in [-0.2, -0.15) is 8.75 Å². The molecule has 90 valence electrons. The number of aryl methyl sites for hydroxylation is 1. The summed E-state index contributed by atoms with van der Waals surface area (Å²) >= 11 is 1.26. The molecule has 1 unspecified atom stereocenters. The van der Waals surface area contributed by atoms with Crippen LogP contribution in [0.2, 0.25) is 0 Å². The smallest absolute Gasteiger partial charge is 0.0957 e. The molecule has 0 saturated heterocycles. The van der Waals surface area contributed by atoms with Gasteiger partial charge in [0, 0.05) is 0 Å². The Bertz CT molecular complexity index is 453. The molecule has 0 aliphatic heterocycles. The maximum absolute atomic E-state index is 4.36. The first-order valence-corrected chi connectivity index (χ1v) is 6.62. The zero-order valence-corrected chi connectivity index (χ0v) is 11.0. The lowest BCUT2D eigenvalue weighted by molar-refractivity contribution is 0.587. The van der Waals surface area contributed by atoms with Gasteiger partial charge in [-0.05, 0) is 31.0 Å². The van der Waals surface area contributed by atoms with Gasteiger partial charge in [0.15, 0.2) is 0 Å². The van der Waals surface area contributed by atoms with Crippen molar-refractivity contribution >= 4 is 11.7 Å². The fourth-order valence-corrected chi connectivity index (χ4v) is 2.32. The van der Waals surface area contributed by atoms with E-state index in [1.54, 1.807) is 0 Å². The summed E-state index contributed by atoms with van der Waals surface area (Å²) < 4.78 is 8.45. The van der Waals surface area contributed by atoms with Gasteiger partial charge < -0.3 is 5.32 Å². The van der Waals surface area contributed by atoms with Crippen molar-refractivity contribution in [2.45, 2.75) is 26.3 Å². The summed E-state index contributed by atoms with van der Waals surface area (Å²) in [5.74, 6) is 0. The minimum Gasteiger partial charge on any atom is -0.305 e. The predicted molar refractivity (Wildman–Crippen MR) is 71.2 cm³/mol. The van der Waals surface area contributed by atoms with E-state index >= 15 is 0 Å². The number of benzene rings is 1. The average molecular weight is 247 g/mol.